The summed E-state index contributed by atoms with van der Waals surface area (Å²) in [6.07, 6.45) is 2.37. The number of halogens is 2. The number of rotatable bonds is 8. The van der Waals surface area contributed by atoms with Gasteiger partial charge in [0.25, 0.3) is 0 Å². The molecule has 0 fully saturated rings. The lowest BCUT2D eigenvalue weighted by Gasteiger charge is -2.14. The van der Waals surface area contributed by atoms with Gasteiger partial charge in [-0.3, -0.25) is 4.79 Å². The highest BCUT2D eigenvalue weighted by atomic mass is 35.5. The molecule has 2 rings (SSSR count). The molecule has 1 aromatic carbocycles. The molecule has 0 aliphatic carbocycles. The molecular formula is C16H20Cl2N4O2. The van der Waals surface area contributed by atoms with Gasteiger partial charge in [0.2, 0.25) is 0 Å². The van der Waals surface area contributed by atoms with E-state index in [0.29, 0.717) is 46.9 Å². The Morgan fingerprint density at radius 2 is 2.12 bits per heavy atom. The molecule has 0 saturated heterocycles. The van der Waals surface area contributed by atoms with Crippen LogP contribution in [0.2, 0.25) is 10.0 Å². The van der Waals surface area contributed by atoms with E-state index >= 15 is 0 Å². The molecule has 2 aromatic rings. The monoisotopic (exact) mass is 370 g/mol. The van der Waals surface area contributed by atoms with Gasteiger partial charge in [-0.2, -0.15) is 0 Å². The van der Waals surface area contributed by atoms with Gasteiger partial charge in [-0.1, -0.05) is 48.3 Å². The van der Waals surface area contributed by atoms with E-state index in [-0.39, 0.29) is 0 Å². The Labute approximate surface area is 150 Å². The van der Waals surface area contributed by atoms with E-state index in [0.717, 1.165) is 0 Å². The maximum Gasteiger partial charge on any atom is 0.307 e. The molecule has 0 amide bonds. The van der Waals surface area contributed by atoms with Gasteiger partial charge < -0.3 is 10.4 Å². The van der Waals surface area contributed by atoms with Crippen molar-refractivity contribution in [2.75, 3.05) is 6.54 Å². The van der Waals surface area contributed by atoms with Gasteiger partial charge in [0, 0.05) is 13.1 Å². The number of nitrogens with one attached hydrogen (secondary N) is 1. The summed E-state index contributed by atoms with van der Waals surface area (Å²) in [4.78, 5) is 11.2. The molecule has 8 heteroatoms. The van der Waals surface area contributed by atoms with E-state index in [1.54, 1.807) is 29.1 Å². The van der Waals surface area contributed by atoms with Crippen molar-refractivity contribution in [3.05, 3.63) is 40.1 Å². The van der Waals surface area contributed by atoms with Gasteiger partial charge in [0.05, 0.1) is 33.5 Å². The summed E-state index contributed by atoms with van der Waals surface area (Å²) in [6.45, 7) is 4.84. The molecule has 1 unspecified atom stereocenters. The first-order chi connectivity index (χ1) is 11.4. The smallest absolute Gasteiger partial charge is 0.307 e. The van der Waals surface area contributed by atoms with Crippen LogP contribution in [0.4, 0.5) is 0 Å². The van der Waals surface area contributed by atoms with Gasteiger partial charge >= 0.3 is 5.97 Å². The van der Waals surface area contributed by atoms with Crippen molar-refractivity contribution in [2.24, 2.45) is 11.8 Å². The van der Waals surface area contributed by atoms with Crippen LogP contribution in [0, 0.1) is 11.8 Å². The van der Waals surface area contributed by atoms with Crippen molar-refractivity contribution in [3.8, 4) is 5.69 Å². The molecule has 0 bridgehead atoms. The fraction of sp³-hybridized carbons (Fsp3) is 0.438. The number of nitrogens with zero attached hydrogens (tertiary/aromatic N) is 3. The van der Waals surface area contributed by atoms with E-state index in [1.165, 1.54) is 0 Å². The van der Waals surface area contributed by atoms with Crippen LogP contribution in [-0.4, -0.2) is 32.6 Å². The molecule has 1 heterocycles. The van der Waals surface area contributed by atoms with E-state index in [9.17, 15) is 9.90 Å². The van der Waals surface area contributed by atoms with Gasteiger partial charge in [-0.15, -0.1) is 5.10 Å². The van der Waals surface area contributed by atoms with Crippen LogP contribution in [0.15, 0.2) is 24.4 Å². The molecule has 0 spiro atoms. The number of carboxylic acid groups (broad SMARTS) is 1. The first-order valence-electron chi connectivity index (χ1n) is 7.67. The van der Waals surface area contributed by atoms with E-state index in [2.05, 4.69) is 15.6 Å². The summed E-state index contributed by atoms with van der Waals surface area (Å²) in [5, 5.41) is 21.3. The van der Waals surface area contributed by atoms with E-state index in [4.69, 9.17) is 23.2 Å². The number of hydrogen-bond donors (Lipinski definition) is 2. The van der Waals surface area contributed by atoms with Crippen molar-refractivity contribution in [2.45, 2.75) is 26.8 Å². The quantitative estimate of drug-likeness (QED) is 0.743. The van der Waals surface area contributed by atoms with Gasteiger partial charge in [-0.05, 0) is 24.5 Å². The van der Waals surface area contributed by atoms with Crippen LogP contribution < -0.4 is 5.32 Å². The normalized spacial score (nSPS) is 12.5. The second kappa shape index (κ2) is 8.46. The summed E-state index contributed by atoms with van der Waals surface area (Å²) >= 11 is 12.2. The Balaban J connectivity index is 1.97. The van der Waals surface area contributed by atoms with Gasteiger partial charge in [0.15, 0.2) is 0 Å². The number of aliphatic carboxylic acids is 1. The zero-order valence-electron chi connectivity index (χ0n) is 13.5. The summed E-state index contributed by atoms with van der Waals surface area (Å²) in [5.41, 5.74) is 1.34. The Kier molecular flexibility index (Phi) is 6.60. The molecule has 2 N–H and O–H groups in total. The predicted molar refractivity (Wildman–Crippen MR) is 93.7 cm³/mol. The molecule has 0 radical (unpaired) electrons. The Morgan fingerprint density at radius 3 is 2.79 bits per heavy atom. The Bertz CT molecular complexity index is 703. The van der Waals surface area contributed by atoms with Crippen LogP contribution in [0.1, 0.15) is 26.0 Å². The second-order valence-electron chi connectivity index (χ2n) is 6.02. The van der Waals surface area contributed by atoms with Crippen LogP contribution in [0.3, 0.4) is 0 Å². The van der Waals surface area contributed by atoms with E-state index < -0.39 is 11.9 Å². The third kappa shape index (κ3) is 4.93. The first-order valence-corrected chi connectivity index (χ1v) is 8.43. The highest BCUT2D eigenvalue weighted by molar-refractivity contribution is 6.43. The van der Waals surface area contributed by atoms with Crippen molar-refractivity contribution < 1.29 is 9.90 Å². The number of benzene rings is 1. The maximum atomic E-state index is 11.2. The molecule has 1 aromatic heterocycles. The number of aromatic nitrogens is 3. The van der Waals surface area contributed by atoms with Gasteiger partial charge in [0.1, 0.15) is 0 Å². The lowest BCUT2D eigenvalue weighted by atomic mass is 9.97. The van der Waals surface area contributed by atoms with Crippen molar-refractivity contribution >= 4 is 29.2 Å². The molecule has 6 nitrogen and oxygen atoms in total. The number of carboxylic acids is 1. The fourth-order valence-corrected chi connectivity index (χ4v) is 2.76. The largest absolute Gasteiger partial charge is 0.481 e. The summed E-state index contributed by atoms with van der Waals surface area (Å²) in [5.74, 6) is -0.869. The Morgan fingerprint density at radius 1 is 1.38 bits per heavy atom. The zero-order valence-corrected chi connectivity index (χ0v) is 15.1. The first kappa shape index (κ1) is 18.7. The Hall–Kier alpha value is -1.63. The van der Waals surface area contributed by atoms with Crippen molar-refractivity contribution in [1.29, 1.82) is 0 Å². The minimum absolute atomic E-state index is 0.332. The van der Waals surface area contributed by atoms with E-state index in [1.807, 2.05) is 13.8 Å². The lowest BCUT2D eigenvalue weighted by Crippen LogP contribution is -2.29. The minimum atomic E-state index is -0.787. The second-order valence-corrected chi connectivity index (χ2v) is 6.81. The molecule has 0 aliphatic heterocycles. The fourth-order valence-electron chi connectivity index (χ4n) is 2.38. The molecule has 130 valence electrons. The summed E-state index contributed by atoms with van der Waals surface area (Å²) in [7, 11) is 0. The van der Waals surface area contributed by atoms with Crippen LogP contribution in [0.5, 0.6) is 0 Å². The minimum Gasteiger partial charge on any atom is -0.481 e. The standard InChI is InChI=1S/C16H20Cl2N4O2/c1-10(2)6-11(16(23)24)7-19-8-12-9-22(21-20-12)14-5-3-4-13(17)15(14)18/h3-5,9-11,19H,6-8H2,1-2H3,(H,23,24). The predicted octanol–water partition coefficient (Wildman–Crippen LogP) is 3.41. The van der Waals surface area contributed by atoms with Crippen molar-refractivity contribution in [3.63, 3.8) is 0 Å². The average molecular weight is 371 g/mol. The average Bonchev–Trinajstić information content (AvgIpc) is 2.97. The summed E-state index contributed by atoms with van der Waals surface area (Å²) in [6, 6.07) is 5.28. The SMILES string of the molecule is CC(C)CC(CNCc1cn(-c2cccc(Cl)c2Cl)nn1)C(=O)O. The maximum absolute atomic E-state index is 11.2. The molecule has 0 saturated carbocycles. The third-order valence-corrected chi connectivity index (χ3v) is 4.33. The topological polar surface area (TPSA) is 80.0 Å². The highest BCUT2D eigenvalue weighted by Gasteiger charge is 2.18. The van der Waals surface area contributed by atoms with Crippen LogP contribution >= 0.6 is 23.2 Å². The highest BCUT2D eigenvalue weighted by Crippen LogP contribution is 2.27. The van der Waals surface area contributed by atoms with Crippen LogP contribution in [0.25, 0.3) is 5.69 Å². The number of carbonyl (C=O) groups is 1. The zero-order chi connectivity index (χ0) is 17.7. The molecule has 24 heavy (non-hydrogen) atoms. The number of hydrogen-bond acceptors (Lipinski definition) is 4. The molecular weight excluding hydrogens is 351 g/mol. The molecule has 1 atom stereocenters. The van der Waals surface area contributed by atoms with Crippen molar-refractivity contribution in [1.82, 2.24) is 20.3 Å². The summed E-state index contributed by atoms with van der Waals surface area (Å²) < 4.78 is 1.55. The lowest BCUT2D eigenvalue weighted by molar-refractivity contribution is -0.142. The molecule has 0 aliphatic rings. The van der Waals surface area contributed by atoms with Crippen LogP contribution in [-0.2, 0) is 11.3 Å². The third-order valence-electron chi connectivity index (χ3n) is 3.52. The van der Waals surface area contributed by atoms with Gasteiger partial charge in [-0.25, -0.2) is 4.68 Å².